The number of carbonyl (C=O) groups is 1. The maximum atomic E-state index is 11.9. The molecule has 110 valence electrons. The van der Waals surface area contributed by atoms with Crippen LogP contribution < -0.4 is 16.0 Å². The Balaban J connectivity index is 1.94. The van der Waals surface area contributed by atoms with Gasteiger partial charge in [-0.2, -0.15) is 5.10 Å². The van der Waals surface area contributed by atoms with Gasteiger partial charge < -0.3 is 15.2 Å². The van der Waals surface area contributed by atoms with Crippen molar-refractivity contribution in [2.24, 2.45) is 5.73 Å². The van der Waals surface area contributed by atoms with Crippen LogP contribution in [-0.4, -0.2) is 29.1 Å². The predicted molar refractivity (Wildman–Crippen MR) is 75.1 cm³/mol. The smallest absolute Gasteiger partial charge is 0.404 e. The first kappa shape index (κ1) is 14.6. The topological polar surface area (TPSA) is 96.4 Å². The predicted octanol–water partition coefficient (Wildman–Crippen LogP) is 0.766. The van der Waals surface area contributed by atoms with Gasteiger partial charge in [0, 0.05) is 6.07 Å². The van der Waals surface area contributed by atoms with Crippen molar-refractivity contribution in [1.29, 1.82) is 0 Å². The van der Waals surface area contributed by atoms with Crippen LogP contribution in [0.15, 0.2) is 47.4 Å². The molecule has 0 saturated heterocycles. The highest BCUT2D eigenvalue weighted by molar-refractivity contribution is 5.64. The molecule has 0 radical (unpaired) electrons. The number of ether oxygens (including phenoxy) is 2. The van der Waals surface area contributed by atoms with Crippen molar-refractivity contribution in [3.8, 4) is 5.75 Å². The van der Waals surface area contributed by atoms with Gasteiger partial charge in [0.1, 0.15) is 19.0 Å². The van der Waals surface area contributed by atoms with Crippen molar-refractivity contribution >= 4 is 6.09 Å². The van der Waals surface area contributed by atoms with Gasteiger partial charge in [-0.05, 0) is 5.56 Å². The Morgan fingerprint density at radius 1 is 1.24 bits per heavy atom. The van der Waals surface area contributed by atoms with E-state index in [-0.39, 0.29) is 18.8 Å². The number of hydrogen-bond donors (Lipinski definition) is 1. The second kappa shape index (κ2) is 7.09. The summed E-state index contributed by atoms with van der Waals surface area (Å²) < 4.78 is 11.1. The highest BCUT2D eigenvalue weighted by Crippen LogP contribution is 2.05. The molecule has 0 atom stereocenters. The Morgan fingerprint density at radius 2 is 2.00 bits per heavy atom. The average Bonchev–Trinajstić information content (AvgIpc) is 2.47. The number of amides is 1. The highest BCUT2D eigenvalue weighted by atomic mass is 16.6. The Labute approximate surface area is 120 Å². The third-order valence-electron chi connectivity index (χ3n) is 2.62. The second-order valence-electron chi connectivity index (χ2n) is 4.19. The molecule has 0 aliphatic rings. The van der Waals surface area contributed by atoms with E-state index in [0.29, 0.717) is 12.3 Å². The maximum absolute atomic E-state index is 11.9. The fourth-order valence-corrected chi connectivity index (χ4v) is 1.67. The van der Waals surface area contributed by atoms with E-state index >= 15 is 0 Å². The van der Waals surface area contributed by atoms with Crippen molar-refractivity contribution in [1.82, 2.24) is 9.78 Å². The van der Waals surface area contributed by atoms with Crippen LogP contribution in [0.1, 0.15) is 5.56 Å². The van der Waals surface area contributed by atoms with Crippen molar-refractivity contribution < 1.29 is 14.3 Å². The lowest BCUT2D eigenvalue weighted by Gasteiger charge is -2.08. The summed E-state index contributed by atoms with van der Waals surface area (Å²) in [5.74, 6) is 0.317. The van der Waals surface area contributed by atoms with Gasteiger partial charge >= 0.3 is 6.09 Å². The van der Waals surface area contributed by atoms with Crippen LogP contribution in [0.5, 0.6) is 5.75 Å². The van der Waals surface area contributed by atoms with Crippen LogP contribution in [0.3, 0.4) is 0 Å². The molecule has 7 heteroatoms. The monoisotopic (exact) mass is 289 g/mol. The van der Waals surface area contributed by atoms with E-state index < -0.39 is 6.09 Å². The van der Waals surface area contributed by atoms with Gasteiger partial charge in [-0.25, -0.2) is 9.48 Å². The summed E-state index contributed by atoms with van der Waals surface area (Å²) in [4.78, 5) is 22.3. The quantitative estimate of drug-likeness (QED) is 0.792. The lowest BCUT2D eigenvalue weighted by atomic mass is 10.2. The zero-order valence-electron chi connectivity index (χ0n) is 11.3. The SMILES string of the molecule is NC(=O)OCCOc1cnn(Cc2ccccc2)c(=O)c1. The van der Waals surface area contributed by atoms with E-state index in [9.17, 15) is 9.59 Å². The van der Waals surface area contributed by atoms with E-state index in [1.807, 2.05) is 30.3 Å². The molecule has 1 aromatic carbocycles. The molecule has 0 aliphatic carbocycles. The van der Waals surface area contributed by atoms with Crippen LogP contribution in [0, 0.1) is 0 Å². The molecule has 0 bridgehead atoms. The molecule has 2 rings (SSSR count). The molecule has 0 fully saturated rings. The molecule has 7 nitrogen and oxygen atoms in total. The normalized spacial score (nSPS) is 10.1. The van der Waals surface area contributed by atoms with Gasteiger partial charge in [-0.1, -0.05) is 30.3 Å². The van der Waals surface area contributed by atoms with Crippen molar-refractivity contribution in [3.05, 3.63) is 58.5 Å². The van der Waals surface area contributed by atoms with Gasteiger partial charge in [0.25, 0.3) is 5.56 Å². The van der Waals surface area contributed by atoms with Crippen LogP contribution in [0.4, 0.5) is 4.79 Å². The summed E-state index contributed by atoms with van der Waals surface area (Å²) in [6.07, 6.45) is 0.573. The highest BCUT2D eigenvalue weighted by Gasteiger charge is 2.02. The van der Waals surface area contributed by atoms with Gasteiger partial charge in [0.15, 0.2) is 0 Å². The van der Waals surface area contributed by atoms with Crippen molar-refractivity contribution in [3.63, 3.8) is 0 Å². The summed E-state index contributed by atoms with van der Waals surface area (Å²) in [6, 6.07) is 10.9. The summed E-state index contributed by atoms with van der Waals surface area (Å²) >= 11 is 0. The van der Waals surface area contributed by atoms with Gasteiger partial charge in [0.05, 0.1) is 12.7 Å². The Kier molecular flexibility index (Phi) is 4.92. The summed E-state index contributed by atoms with van der Waals surface area (Å²) in [5, 5.41) is 4.03. The molecule has 0 saturated carbocycles. The largest absolute Gasteiger partial charge is 0.488 e. The summed E-state index contributed by atoms with van der Waals surface area (Å²) in [6.45, 7) is 0.514. The van der Waals surface area contributed by atoms with E-state index in [2.05, 4.69) is 9.84 Å². The molecular formula is C14H15N3O4. The lowest BCUT2D eigenvalue weighted by molar-refractivity contribution is 0.133. The van der Waals surface area contributed by atoms with Crippen LogP contribution >= 0.6 is 0 Å². The van der Waals surface area contributed by atoms with E-state index in [4.69, 9.17) is 10.5 Å². The van der Waals surface area contributed by atoms with Gasteiger partial charge in [0.2, 0.25) is 0 Å². The molecule has 2 N–H and O–H groups in total. The molecule has 1 amide bonds. The molecule has 0 unspecified atom stereocenters. The number of primary amides is 1. The fourth-order valence-electron chi connectivity index (χ4n) is 1.67. The Hall–Kier alpha value is -2.83. The van der Waals surface area contributed by atoms with Crippen molar-refractivity contribution in [2.45, 2.75) is 6.54 Å². The third-order valence-corrected chi connectivity index (χ3v) is 2.62. The van der Waals surface area contributed by atoms with Crippen LogP contribution in [0.25, 0.3) is 0 Å². The molecular weight excluding hydrogens is 274 g/mol. The molecule has 1 heterocycles. The van der Waals surface area contributed by atoms with E-state index in [1.54, 1.807) is 0 Å². The summed E-state index contributed by atoms with van der Waals surface area (Å²) in [7, 11) is 0. The van der Waals surface area contributed by atoms with E-state index in [0.717, 1.165) is 5.56 Å². The van der Waals surface area contributed by atoms with Gasteiger partial charge in [-0.15, -0.1) is 0 Å². The minimum atomic E-state index is -0.866. The number of hydrogen-bond acceptors (Lipinski definition) is 5. The first-order chi connectivity index (χ1) is 10.1. The van der Waals surface area contributed by atoms with Crippen LogP contribution in [0.2, 0.25) is 0 Å². The molecule has 21 heavy (non-hydrogen) atoms. The van der Waals surface area contributed by atoms with Gasteiger partial charge in [-0.3, -0.25) is 4.79 Å². The number of aromatic nitrogens is 2. The second-order valence-corrected chi connectivity index (χ2v) is 4.19. The summed E-state index contributed by atoms with van der Waals surface area (Å²) in [5.41, 5.74) is 5.52. The minimum Gasteiger partial charge on any atom is -0.488 e. The Bertz CT molecular complexity index is 655. The number of benzene rings is 1. The minimum absolute atomic E-state index is 0.0163. The van der Waals surface area contributed by atoms with Crippen LogP contribution in [-0.2, 0) is 11.3 Å². The fraction of sp³-hybridized carbons (Fsp3) is 0.214. The van der Waals surface area contributed by atoms with E-state index in [1.165, 1.54) is 16.9 Å². The Morgan fingerprint density at radius 3 is 2.67 bits per heavy atom. The number of nitrogens with two attached hydrogens (primary N) is 1. The molecule has 1 aromatic heterocycles. The van der Waals surface area contributed by atoms with Crippen molar-refractivity contribution in [2.75, 3.05) is 13.2 Å². The number of rotatable bonds is 6. The lowest BCUT2D eigenvalue weighted by Crippen LogP contribution is -2.23. The standard InChI is InChI=1S/C14H15N3O4/c15-14(19)21-7-6-20-12-8-13(18)17(16-9-12)10-11-4-2-1-3-5-11/h1-5,8-9H,6-7,10H2,(H2,15,19). The third kappa shape index (κ3) is 4.64. The zero-order chi connectivity index (χ0) is 15.1. The molecule has 0 aliphatic heterocycles. The number of carbonyl (C=O) groups excluding carboxylic acids is 1. The maximum Gasteiger partial charge on any atom is 0.404 e. The first-order valence-electron chi connectivity index (χ1n) is 6.31. The first-order valence-corrected chi connectivity index (χ1v) is 6.31. The average molecular weight is 289 g/mol. The molecule has 2 aromatic rings. The molecule has 0 spiro atoms. The number of nitrogens with zero attached hydrogens (tertiary/aromatic N) is 2. The zero-order valence-corrected chi connectivity index (χ0v) is 11.3.